The maximum absolute atomic E-state index is 12.6. The number of nitrogens with one attached hydrogen (secondary N) is 1. The summed E-state index contributed by atoms with van der Waals surface area (Å²) in [5.74, 6) is 0. The van der Waals surface area contributed by atoms with Crippen LogP contribution >= 0.6 is 22.7 Å². The SMILES string of the molecule is C.C.CC(C)(C)OC(=O)N[C@H](CN1Cc2sccc2S1(=O)=O)C(C)(C)C.CC(C)(C)[C@@H](CN1Cc2sccc2S1(=O)=O)N=C=O. The van der Waals surface area contributed by atoms with Gasteiger partial charge in [0, 0.05) is 35.9 Å². The summed E-state index contributed by atoms with van der Waals surface area (Å²) in [6, 6.07) is 2.51. The van der Waals surface area contributed by atoms with E-state index in [4.69, 9.17) is 4.74 Å². The van der Waals surface area contributed by atoms with Crippen molar-refractivity contribution < 1.29 is 31.2 Å². The van der Waals surface area contributed by atoms with Gasteiger partial charge in [0.15, 0.2) is 0 Å². The predicted octanol–water partition coefficient (Wildman–Crippen LogP) is 6.47. The largest absolute Gasteiger partial charge is 0.444 e. The Morgan fingerprint density at radius 2 is 1.31 bits per heavy atom. The summed E-state index contributed by atoms with van der Waals surface area (Å²) in [5.41, 5.74) is -1.21. The quantitative estimate of drug-likeness (QED) is 0.268. The van der Waals surface area contributed by atoms with Crippen LogP contribution in [-0.4, -0.2) is 68.4 Å². The van der Waals surface area contributed by atoms with Crippen LogP contribution in [-0.2, 0) is 42.7 Å². The minimum absolute atomic E-state index is 0. The van der Waals surface area contributed by atoms with E-state index in [9.17, 15) is 26.4 Å². The van der Waals surface area contributed by atoms with Gasteiger partial charge >= 0.3 is 6.09 Å². The molecule has 2 atom stereocenters. The van der Waals surface area contributed by atoms with Crippen LogP contribution in [0.1, 0.15) is 86.9 Å². The summed E-state index contributed by atoms with van der Waals surface area (Å²) in [5, 5.41) is 6.41. The topological polar surface area (TPSA) is 143 Å². The maximum Gasteiger partial charge on any atom is 0.407 e. The van der Waals surface area contributed by atoms with Crippen molar-refractivity contribution in [3.8, 4) is 0 Å². The molecule has 0 saturated carbocycles. The number of aliphatic imine (C=N–C) groups is 1. The second-order valence-corrected chi connectivity index (χ2v) is 19.5. The normalized spacial score (nSPS) is 18.4. The minimum atomic E-state index is -3.48. The lowest BCUT2D eigenvalue weighted by atomic mass is 9.86. The highest BCUT2D eigenvalue weighted by molar-refractivity contribution is 7.90. The Hall–Kier alpha value is -2.13. The number of rotatable bonds is 6. The summed E-state index contributed by atoms with van der Waals surface area (Å²) in [6.07, 6.45) is 1.01. The first-order valence-corrected chi connectivity index (χ1v) is 18.4. The van der Waals surface area contributed by atoms with E-state index >= 15 is 0 Å². The highest BCUT2D eigenvalue weighted by atomic mass is 32.2. The predicted molar refractivity (Wildman–Crippen MR) is 181 cm³/mol. The zero-order valence-electron chi connectivity index (χ0n) is 26.1. The molecule has 1 amide bonds. The average Bonchev–Trinajstić information content (AvgIpc) is 3.57. The van der Waals surface area contributed by atoms with E-state index < -0.39 is 37.8 Å². The number of carbonyl (C=O) groups is 1. The Morgan fingerprint density at radius 3 is 1.67 bits per heavy atom. The summed E-state index contributed by atoms with van der Waals surface area (Å²) < 4.78 is 58.0. The number of hydrogen-bond acceptors (Lipinski definition) is 10. The van der Waals surface area contributed by atoms with Crippen molar-refractivity contribution in [1.82, 2.24) is 13.9 Å². The van der Waals surface area contributed by atoms with Crippen molar-refractivity contribution in [3.63, 3.8) is 0 Å². The number of thiophene rings is 2. The van der Waals surface area contributed by atoms with Gasteiger partial charge in [-0.15, -0.1) is 22.7 Å². The van der Waals surface area contributed by atoms with Crippen LogP contribution in [0.25, 0.3) is 0 Å². The molecule has 0 aromatic carbocycles. The lowest BCUT2D eigenvalue weighted by Gasteiger charge is -2.34. The summed E-state index contributed by atoms with van der Waals surface area (Å²) >= 11 is 2.88. The van der Waals surface area contributed by atoms with Crippen molar-refractivity contribution in [3.05, 3.63) is 32.6 Å². The fourth-order valence-corrected chi connectivity index (χ4v) is 10.2. The molecule has 0 radical (unpaired) electrons. The number of carbonyl (C=O) groups excluding carboxylic acids is 2. The zero-order valence-corrected chi connectivity index (χ0v) is 29.4. The van der Waals surface area contributed by atoms with Crippen LogP contribution in [0.4, 0.5) is 4.79 Å². The van der Waals surface area contributed by atoms with Gasteiger partial charge in [-0.1, -0.05) is 56.4 Å². The Balaban J connectivity index is 0.000000441. The molecule has 0 bridgehead atoms. The molecule has 256 valence electrons. The van der Waals surface area contributed by atoms with Crippen LogP contribution in [0.15, 0.2) is 37.7 Å². The molecule has 2 aromatic rings. The molecule has 0 unspecified atom stereocenters. The van der Waals surface area contributed by atoms with Crippen molar-refractivity contribution in [2.75, 3.05) is 13.1 Å². The first-order chi connectivity index (χ1) is 19.6. The molecule has 2 aliphatic rings. The number of ether oxygens (including phenoxy) is 1. The van der Waals surface area contributed by atoms with E-state index in [2.05, 4.69) is 10.3 Å². The lowest BCUT2D eigenvalue weighted by Crippen LogP contribution is -2.51. The van der Waals surface area contributed by atoms with E-state index in [1.165, 1.54) is 31.3 Å². The van der Waals surface area contributed by atoms with Crippen LogP contribution < -0.4 is 5.32 Å². The van der Waals surface area contributed by atoms with E-state index in [0.717, 1.165) is 9.75 Å². The molecular weight excluding hydrogens is 657 g/mol. The number of nitrogens with zero attached hydrogens (tertiary/aromatic N) is 3. The van der Waals surface area contributed by atoms with Gasteiger partial charge in [0.2, 0.25) is 26.1 Å². The van der Waals surface area contributed by atoms with Gasteiger partial charge in [0.25, 0.3) is 0 Å². The van der Waals surface area contributed by atoms with Gasteiger partial charge in [0.05, 0.1) is 21.9 Å². The van der Waals surface area contributed by atoms with Crippen molar-refractivity contribution in [1.29, 1.82) is 0 Å². The Bertz CT molecular complexity index is 1570. The first kappa shape index (κ1) is 40.9. The zero-order chi connectivity index (χ0) is 32.6. The average molecular weight is 707 g/mol. The van der Waals surface area contributed by atoms with Gasteiger partial charge in [-0.25, -0.2) is 31.4 Å². The molecule has 45 heavy (non-hydrogen) atoms. The van der Waals surface area contributed by atoms with E-state index in [0.29, 0.717) is 22.9 Å². The van der Waals surface area contributed by atoms with Gasteiger partial charge < -0.3 is 10.1 Å². The van der Waals surface area contributed by atoms with Gasteiger partial charge in [-0.3, -0.25) is 0 Å². The van der Waals surface area contributed by atoms with E-state index in [-0.39, 0.29) is 44.8 Å². The molecular formula is C30H50N4O7S4. The standard InChI is InChI=1S/C16H26N2O4S2.C12H16N2O3S2.2CH4/c1-15(2,3)13(17-14(19)22-16(4,5)6)10-18-9-11-12(7-8-23-11)24(18,20)21;1-12(2,3)11(13-8-15)7-14-6-9-10(4-5-18-9)19(14,16)17;;/h7-8,13H,9-10H2,1-6H3,(H,17,19);4-5,11H,6-7H2,1-3H3;2*1H4/t13-;11-;;/m11../s1. The van der Waals surface area contributed by atoms with Crippen molar-refractivity contribution >= 4 is 54.9 Å². The minimum Gasteiger partial charge on any atom is -0.444 e. The Labute approximate surface area is 278 Å². The van der Waals surface area contributed by atoms with E-state index in [1.54, 1.807) is 49.7 Å². The third-order valence-corrected chi connectivity index (χ3v) is 12.9. The molecule has 11 nitrogen and oxygen atoms in total. The molecule has 15 heteroatoms. The molecule has 2 aliphatic heterocycles. The highest BCUT2D eigenvalue weighted by Gasteiger charge is 2.41. The van der Waals surface area contributed by atoms with Crippen molar-refractivity contribution in [2.45, 2.75) is 118 Å². The monoisotopic (exact) mass is 706 g/mol. The van der Waals surface area contributed by atoms with Crippen LogP contribution in [0, 0.1) is 10.8 Å². The molecule has 0 spiro atoms. The Kier molecular flexibility index (Phi) is 13.4. The van der Waals surface area contributed by atoms with Crippen molar-refractivity contribution in [2.24, 2.45) is 15.8 Å². The summed E-state index contributed by atoms with van der Waals surface area (Å²) in [6.45, 7) is 18.2. The second-order valence-electron chi connectivity index (χ2n) is 13.7. The van der Waals surface area contributed by atoms with Gasteiger partial charge in [0.1, 0.15) is 5.60 Å². The van der Waals surface area contributed by atoms with Crippen LogP contribution in [0.2, 0.25) is 0 Å². The lowest BCUT2D eigenvalue weighted by molar-refractivity contribution is 0.0452. The molecule has 0 aliphatic carbocycles. The number of isocyanates is 1. The van der Waals surface area contributed by atoms with Crippen LogP contribution in [0.3, 0.4) is 0 Å². The second kappa shape index (κ2) is 14.7. The summed E-state index contributed by atoms with van der Waals surface area (Å²) in [7, 11) is -6.90. The number of fused-ring (bicyclic) bond motifs is 2. The van der Waals surface area contributed by atoms with Crippen LogP contribution in [0.5, 0.6) is 0 Å². The third-order valence-electron chi connectivity index (χ3n) is 6.99. The Morgan fingerprint density at radius 1 is 0.867 bits per heavy atom. The molecule has 1 N–H and O–H groups in total. The number of alkyl carbamates (subject to hydrolysis) is 1. The summed E-state index contributed by atoms with van der Waals surface area (Å²) in [4.78, 5) is 28.9. The molecule has 4 heterocycles. The van der Waals surface area contributed by atoms with E-state index in [1.807, 2.05) is 41.5 Å². The smallest absolute Gasteiger partial charge is 0.407 e. The van der Waals surface area contributed by atoms with Gasteiger partial charge in [-0.05, 0) is 54.5 Å². The molecule has 0 saturated heterocycles. The fraction of sp³-hybridized carbons (Fsp3) is 0.667. The highest BCUT2D eigenvalue weighted by Crippen LogP contribution is 2.37. The number of sulfonamides is 2. The maximum atomic E-state index is 12.6. The fourth-order valence-electron chi connectivity index (χ4n) is 4.40. The third kappa shape index (κ3) is 9.93. The molecule has 4 rings (SSSR count). The molecule has 0 fully saturated rings. The molecule has 2 aromatic heterocycles. The number of hydrogen-bond donors (Lipinski definition) is 1. The first-order valence-electron chi connectivity index (χ1n) is 13.8. The van der Waals surface area contributed by atoms with Gasteiger partial charge in [-0.2, -0.15) is 8.61 Å². The number of amides is 1.